The number of benzene rings is 2. The number of hydrogen-bond acceptors (Lipinski definition) is 12. The van der Waals surface area contributed by atoms with E-state index in [1.165, 1.54) is 50.9 Å². The van der Waals surface area contributed by atoms with Crippen LogP contribution in [0.5, 0.6) is 0 Å². The fourth-order valence-corrected chi connectivity index (χ4v) is 10.1. The van der Waals surface area contributed by atoms with Crippen LogP contribution in [-0.4, -0.2) is 94.7 Å². The maximum absolute atomic E-state index is 13.0. The zero-order chi connectivity index (χ0) is 47.4. The average Bonchev–Trinajstić information content (AvgIpc) is 4.22. The van der Waals surface area contributed by atoms with Gasteiger partial charge in [-0.25, -0.2) is 9.97 Å². The first-order valence-corrected chi connectivity index (χ1v) is 25.4. The van der Waals surface area contributed by atoms with Crippen molar-refractivity contribution in [1.82, 2.24) is 39.5 Å². The van der Waals surface area contributed by atoms with E-state index in [0.717, 1.165) is 85.0 Å². The Morgan fingerprint density at radius 1 is 0.662 bits per heavy atom. The van der Waals surface area contributed by atoms with Gasteiger partial charge in [0.15, 0.2) is 10.3 Å². The summed E-state index contributed by atoms with van der Waals surface area (Å²) in [5.74, 6) is -0.221. The number of thiazole rings is 2. The Bertz CT molecular complexity index is 2830. The summed E-state index contributed by atoms with van der Waals surface area (Å²) in [4.78, 5) is 40.3. The van der Waals surface area contributed by atoms with Crippen LogP contribution in [0.4, 0.5) is 21.6 Å². The Labute approximate surface area is 417 Å². The highest BCUT2D eigenvalue weighted by molar-refractivity contribution is 14.1. The number of hydrogen-bond donors (Lipinski definition) is 6. The van der Waals surface area contributed by atoms with Crippen molar-refractivity contribution in [2.24, 2.45) is 0 Å². The number of amides is 2. The van der Waals surface area contributed by atoms with Crippen LogP contribution < -0.4 is 25.9 Å². The third-order valence-corrected chi connectivity index (χ3v) is 14.0. The Balaban J connectivity index is 0.000000159. The van der Waals surface area contributed by atoms with E-state index in [-0.39, 0.29) is 11.8 Å². The summed E-state index contributed by atoms with van der Waals surface area (Å²) in [6.45, 7) is 9.57. The van der Waals surface area contributed by atoms with Gasteiger partial charge in [0.25, 0.3) is 11.8 Å². The summed E-state index contributed by atoms with van der Waals surface area (Å²) in [5.41, 5.74) is 9.40. The van der Waals surface area contributed by atoms with Gasteiger partial charge >= 0.3 is 7.12 Å². The lowest BCUT2D eigenvalue weighted by atomic mass is 9.83. The minimum Gasteiger partial charge on any atom is -0.423 e. The second-order valence-corrected chi connectivity index (χ2v) is 19.7. The van der Waals surface area contributed by atoms with Crippen molar-refractivity contribution >= 4 is 91.3 Å². The van der Waals surface area contributed by atoms with E-state index in [1.807, 2.05) is 102 Å². The molecule has 0 spiro atoms. The van der Waals surface area contributed by atoms with Crippen LogP contribution in [-0.2, 0) is 13.1 Å². The van der Waals surface area contributed by atoms with Crippen molar-refractivity contribution in [2.45, 2.75) is 65.5 Å². The number of aryl methyl sites for hydroxylation is 2. The normalized spacial score (nSPS) is 13.5. The van der Waals surface area contributed by atoms with Gasteiger partial charge in [-0.05, 0) is 140 Å². The molecule has 8 aromatic rings. The summed E-state index contributed by atoms with van der Waals surface area (Å²) >= 11 is 5.65. The molecule has 0 saturated carbocycles. The van der Waals surface area contributed by atoms with E-state index in [9.17, 15) is 9.59 Å². The molecule has 68 heavy (non-hydrogen) atoms. The summed E-state index contributed by atoms with van der Waals surface area (Å²) in [7, 11) is -1.41. The molecule has 0 aliphatic carbocycles. The molecule has 2 amide bonds. The van der Waals surface area contributed by atoms with Crippen LogP contribution >= 0.6 is 45.3 Å². The van der Waals surface area contributed by atoms with Crippen LogP contribution in [0.25, 0.3) is 11.1 Å². The number of aromatic nitrogens is 8. The van der Waals surface area contributed by atoms with Crippen molar-refractivity contribution in [2.75, 3.05) is 46.6 Å². The molecule has 352 valence electrons. The summed E-state index contributed by atoms with van der Waals surface area (Å²) in [5, 5.41) is 42.0. The number of H-pyrrole nitrogens is 2. The zero-order valence-electron chi connectivity index (χ0n) is 37.9. The highest BCUT2D eigenvalue weighted by Gasteiger charge is 2.20. The second-order valence-electron chi connectivity index (χ2n) is 16.8. The van der Waals surface area contributed by atoms with Crippen LogP contribution in [0, 0.1) is 17.4 Å². The molecular weight excluding hydrogens is 1010 g/mol. The summed E-state index contributed by atoms with van der Waals surface area (Å²) < 4.78 is 5.12. The first-order valence-electron chi connectivity index (χ1n) is 22.6. The van der Waals surface area contributed by atoms with Crippen molar-refractivity contribution in [3.63, 3.8) is 0 Å². The number of aromatic amines is 2. The predicted molar refractivity (Wildman–Crippen MR) is 280 cm³/mol. The van der Waals surface area contributed by atoms with Crippen LogP contribution in [0.15, 0.2) is 109 Å². The molecule has 10 rings (SSSR count). The third kappa shape index (κ3) is 13.1. The largest absolute Gasteiger partial charge is 0.491 e. The fourth-order valence-electron chi connectivity index (χ4n) is 7.98. The molecule has 16 nitrogen and oxygen atoms in total. The lowest BCUT2D eigenvalue weighted by Gasteiger charge is -2.25. The van der Waals surface area contributed by atoms with Crippen molar-refractivity contribution < 1.29 is 19.6 Å². The van der Waals surface area contributed by atoms with E-state index in [1.54, 1.807) is 28.9 Å². The SMILES string of the molecule is Cc1cc(C(=O)Nc2ccc(-c3cn[nH]c3)cc2)n(Cc2csc(N3CCCCC3)n2)c1.Cc1cc(C(=O)Nc2ccc(I)cc2)n(Cc2csc(N3CCCCC3)n2)c1.OB(O)c1cn[nH]c1. The maximum Gasteiger partial charge on any atom is 0.491 e. The van der Waals surface area contributed by atoms with E-state index < -0.39 is 7.12 Å². The predicted octanol–water partition coefficient (Wildman–Crippen LogP) is 8.17. The molecule has 0 radical (unpaired) electrons. The molecular formula is C48H54BIN12O4S2. The minimum atomic E-state index is -1.41. The van der Waals surface area contributed by atoms with E-state index in [2.05, 4.69) is 74.2 Å². The van der Waals surface area contributed by atoms with E-state index in [4.69, 9.17) is 20.0 Å². The number of carbonyl (C=O) groups is 2. The van der Waals surface area contributed by atoms with Crippen LogP contribution in [0.1, 0.15) is 82.0 Å². The standard InChI is InChI=1S/C24H26N6OS.C21H23IN4OS.C3H5BN2O2/c1-17-11-22(23(31)27-20-7-5-18(6-8-20)19-12-25-26-13-19)30(14-17)15-21-16-32-24(28-21)29-9-3-2-4-10-29;1-15-11-19(20(27)23-17-7-5-16(22)6-8-17)26(12-15)13-18-14-28-21(24-18)25-9-3-2-4-10-25;7-4(8)3-1-5-6-2-3/h5-8,11-14,16H,2-4,9-10,15H2,1H3,(H,25,26)(H,27,31);5-8,11-12,14H,2-4,9-10,13H2,1H3,(H,23,27);1-2,7-8H,(H,5,6). The molecule has 2 aliphatic heterocycles. The van der Waals surface area contributed by atoms with Crippen molar-refractivity contribution in [1.29, 1.82) is 0 Å². The van der Waals surface area contributed by atoms with E-state index >= 15 is 0 Å². The van der Waals surface area contributed by atoms with Gasteiger partial charge in [0, 0.05) is 93.9 Å². The lowest BCUT2D eigenvalue weighted by Crippen LogP contribution is -2.29. The third-order valence-electron chi connectivity index (χ3n) is 11.4. The van der Waals surface area contributed by atoms with E-state index in [0.29, 0.717) is 29.9 Å². The Morgan fingerprint density at radius 2 is 1.13 bits per heavy atom. The summed E-state index contributed by atoms with van der Waals surface area (Å²) in [6.07, 6.45) is 18.0. The average molecular weight is 1060 g/mol. The molecule has 2 saturated heterocycles. The number of halogens is 1. The molecule has 0 atom stereocenters. The van der Waals surface area contributed by atoms with Gasteiger partial charge < -0.3 is 39.6 Å². The Hall–Kier alpha value is -6.07. The highest BCUT2D eigenvalue weighted by Crippen LogP contribution is 2.27. The second kappa shape index (κ2) is 23.3. The van der Waals surface area contributed by atoms with Gasteiger partial charge in [-0.3, -0.25) is 19.8 Å². The Morgan fingerprint density at radius 3 is 1.56 bits per heavy atom. The molecule has 2 aromatic carbocycles. The van der Waals surface area contributed by atoms with Gasteiger partial charge in [-0.15, -0.1) is 22.7 Å². The molecule has 0 bridgehead atoms. The van der Waals surface area contributed by atoms with Gasteiger partial charge in [0.05, 0.1) is 30.7 Å². The molecule has 6 aromatic heterocycles. The number of anilines is 4. The van der Waals surface area contributed by atoms with Gasteiger partial charge in [-0.2, -0.15) is 10.2 Å². The van der Waals surface area contributed by atoms with Gasteiger partial charge in [0.2, 0.25) is 0 Å². The first-order chi connectivity index (χ1) is 33.0. The quantitative estimate of drug-likeness (QED) is 0.0513. The zero-order valence-corrected chi connectivity index (χ0v) is 41.7. The van der Waals surface area contributed by atoms with Crippen LogP contribution in [0.2, 0.25) is 0 Å². The first kappa shape index (κ1) is 48.4. The van der Waals surface area contributed by atoms with Crippen molar-refractivity contribution in [3.8, 4) is 11.1 Å². The minimum absolute atomic E-state index is 0.0965. The molecule has 2 aliphatic rings. The maximum atomic E-state index is 13.0. The Kier molecular flexibility index (Phi) is 16.6. The number of rotatable bonds is 12. The number of carbonyl (C=O) groups excluding carboxylic acids is 2. The smallest absolute Gasteiger partial charge is 0.423 e. The molecule has 0 unspecified atom stereocenters. The van der Waals surface area contributed by atoms with Crippen LogP contribution in [0.3, 0.4) is 0 Å². The molecule has 6 N–H and O–H groups in total. The van der Waals surface area contributed by atoms with Gasteiger partial charge in [-0.1, -0.05) is 12.1 Å². The topological polar surface area (TPSA) is 198 Å². The number of nitrogens with one attached hydrogen (secondary N) is 4. The highest BCUT2D eigenvalue weighted by atomic mass is 127. The number of nitrogens with zero attached hydrogens (tertiary/aromatic N) is 8. The fraction of sp³-hybridized carbons (Fsp3) is 0.292. The number of piperidine rings is 2. The monoisotopic (exact) mass is 1060 g/mol. The lowest BCUT2D eigenvalue weighted by molar-refractivity contribution is 0.101. The van der Waals surface area contributed by atoms with Crippen molar-refractivity contribution in [3.05, 3.63) is 146 Å². The van der Waals surface area contributed by atoms with Gasteiger partial charge in [0.1, 0.15) is 11.4 Å². The molecule has 8 heterocycles. The summed E-state index contributed by atoms with van der Waals surface area (Å²) in [6, 6.07) is 19.4. The molecule has 20 heteroatoms. The molecule has 2 fully saturated rings.